The molecule has 0 radical (unpaired) electrons. The van der Waals surface area contributed by atoms with Gasteiger partial charge in [-0.15, -0.1) is 0 Å². The third-order valence-corrected chi connectivity index (χ3v) is 7.57. The number of carbonyl (C=O) groups excluding carboxylic acids is 1. The van der Waals surface area contributed by atoms with Gasteiger partial charge >= 0.3 is 0 Å². The number of rotatable bonds is 6. The molecule has 0 aliphatic carbocycles. The Hall–Kier alpha value is -2.67. The highest BCUT2D eigenvalue weighted by atomic mass is 16.5. The van der Waals surface area contributed by atoms with E-state index in [9.17, 15) is 9.90 Å². The van der Waals surface area contributed by atoms with Crippen LogP contribution in [0.15, 0.2) is 48.5 Å². The van der Waals surface area contributed by atoms with Crippen molar-refractivity contribution in [1.29, 1.82) is 0 Å². The van der Waals surface area contributed by atoms with Gasteiger partial charge in [0, 0.05) is 45.3 Å². The summed E-state index contributed by atoms with van der Waals surface area (Å²) in [5.41, 5.74) is 5.78. The van der Waals surface area contributed by atoms with E-state index in [2.05, 4.69) is 54.0 Å². The summed E-state index contributed by atoms with van der Waals surface area (Å²) in [6, 6.07) is 15.0. The lowest BCUT2D eigenvalue weighted by Gasteiger charge is -2.32. The number of fused-ring (bicyclic) bond motifs is 2. The summed E-state index contributed by atoms with van der Waals surface area (Å²) in [5.74, 6) is 0.597. The molecule has 1 N–H and O–H groups in total. The van der Waals surface area contributed by atoms with Crippen LogP contribution >= 0.6 is 0 Å². The second-order valence-electron chi connectivity index (χ2n) is 10.3. The highest BCUT2D eigenvalue weighted by Gasteiger charge is 2.27. The zero-order valence-corrected chi connectivity index (χ0v) is 20.9. The summed E-state index contributed by atoms with van der Waals surface area (Å²) in [4.78, 5) is 19.8. The monoisotopic (exact) mass is 475 g/mol. The molecule has 1 amide bonds. The van der Waals surface area contributed by atoms with Crippen molar-refractivity contribution in [3.05, 3.63) is 70.8 Å². The van der Waals surface area contributed by atoms with E-state index >= 15 is 0 Å². The first-order chi connectivity index (χ1) is 17.0. The predicted octanol–water partition coefficient (Wildman–Crippen LogP) is 3.44. The zero-order chi connectivity index (χ0) is 24.4. The van der Waals surface area contributed by atoms with Crippen molar-refractivity contribution in [2.75, 3.05) is 45.9 Å². The maximum Gasteiger partial charge on any atom is 0.257 e. The van der Waals surface area contributed by atoms with E-state index in [1.807, 2.05) is 18.2 Å². The van der Waals surface area contributed by atoms with E-state index in [1.54, 1.807) is 4.90 Å². The fraction of sp³-hybridized carbons (Fsp3) is 0.483. The lowest BCUT2D eigenvalue weighted by molar-refractivity contribution is 0.0501. The Kier molecular flexibility index (Phi) is 7.23. The molecule has 0 unspecified atom stereocenters. The fourth-order valence-electron chi connectivity index (χ4n) is 5.47. The van der Waals surface area contributed by atoms with E-state index in [4.69, 9.17) is 4.74 Å². The molecule has 6 heteroatoms. The summed E-state index contributed by atoms with van der Waals surface area (Å²) >= 11 is 0. The summed E-state index contributed by atoms with van der Waals surface area (Å²) in [5, 5.41) is 10.8. The minimum absolute atomic E-state index is 0.0595. The van der Waals surface area contributed by atoms with Gasteiger partial charge in [-0.3, -0.25) is 14.6 Å². The van der Waals surface area contributed by atoms with Gasteiger partial charge in [-0.2, -0.15) is 0 Å². The minimum Gasteiger partial charge on any atom is -0.491 e. The average Bonchev–Trinajstić information content (AvgIpc) is 3.02. The number of nitrogens with zero attached hydrogens (tertiary/aromatic N) is 3. The van der Waals surface area contributed by atoms with Crippen LogP contribution in [0.5, 0.6) is 5.75 Å². The molecule has 0 fully saturated rings. The number of benzene rings is 2. The third-order valence-electron chi connectivity index (χ3n) is 7.57. The van der Waals surface area contributed by atoms with Gasteiger partial charge in [0.2, 0.25) is 0 Å². The molecule has 0 aromatic heterocycles. The minimum atomic E-state index is -0.596. The number of hydrogen-bond donors (Lipinski definition) is 1. The predicted molar refractivity (Wildman–Crippen MR) is 139 cm³/mol. The normalized spacial score (nSPS) is 20.1. The Labute approximate surface area is 208 Å². The Morgan fingerprint density at radius 2 is 1.83 bits per heavy atom. The first kappa shape index (κ1) is 24.0. The first-order valence-electron chi connectivity index (χ1n) is 12.9. The number of ether oxygens (including phenoxy) is 1. The number of hydrogen-bond acceptors (Lipinski definition) is 5. The molecule has 5 rings (SSSR count). The van der Waals surface area contributed by atoms with E-state index in [-0.39, 0.29) is 5.91 Å². The second kappa shape index (κ2) is 10.5. The van der Waals surface area contributed by atoms with Crippen LogP contribution in [0.25, 0.3) is 5.57 Å². The number of carbonyl (C=O) groups is 1. The van der Waals surface area contributed by atoms with Crippen LogP contribution in [0, 0.1) is 0 Å². The highest BCUT2D eigenvalue weighted by molar-refractivity contribution is 5.97. The van der Waals surface area contributed by atoms with Crippen LogP contribution in [0.2, 0.25) is 0 Å². The average molecular weight is 476 g/mol. The van der Waals surface area contributed by atoms with Gasteiger partial charge < -0.3 is 14.7 Å². The van der Waals surface area contributed by atoms with Gasteiger partial charge in [0.25, 0.3) is 5.91 Å². The molecule has 0 bridgehead atoms. The van der Waals surface area contributed by atoms with Crippen molar-refractivity contribution >= 4 is 11.5 Å². The summed E-state index contributed by atoms with van der Waals surface area (Å²) < 4.78 is 6.02. The van der Waals surface area contributed by atoms with Crippen LogP contribution in [0.4, 0.5) is 0 Å². The molecule has 35 heavy (non-hydrogen) atoms. The fourth-order valence-corrected chi connectivity index (χ4v) is 5.47. The maximum atomic E-state index is 13.3. The first-order valence-corrected chi connectivity index (χ1v) is 12.9. The molecule has 2 aromatic carbocycles. The van der Waals surface area contributed by atoms with Crippen molar-refractivity contribution < 1.29 is 14.6 Å². The van der Waals surface area contributed by atoms with Gasteiger partial charge in [0.1, 0.15) is 12.4 Å². The highest BCUT2D eigenvalue weighted by Crippen LogP contribution is 2.30. The van der Waals surface area contributed by atoms with Gasteiger partial charge in [-0.05, 0) is 61.1 Å². The third kappa shape index (κ3) is 5.45. The molecule has 0 saturated heterocycles. The largest absolute Gasteiger partial charge is 0.491 e. The van der Waals surface area contributed by atoms with Crippen LogP contribution < -0.4 is 4.74 Å². The van der Waals surface area contributed by atoms with E-state index < -0.39 is 6.10 Å². The molecule has 6 nitrogen and oxygen atoms in total. The molecule has 0 spiro atoms. The van der Waals surface area contributed by atoms with E-state index in [0.29, 0.717) is 43.6 Å². The van der Waals surface area contributed by atoms with Crippen LogP contribution in [-0.4, -0.2) is 83.7 Å². The number of β-amino-alcohol motifs (C(OH)–C–C–N with tert-alkyl or cyclic N) is 1. The second-order valence-corrected chi connectivity index (χ2v) is 10.3. The Balaban J connectivity index is 1.22. The molecular weight excluding hydrogens is 438 g/mol. The van der Waals surface area contributed by atoms with E-state index in [0.717, 1.165) is 44.6 Å². The van der Waals surface area contributed by atoms with Gasteiger partial charge in [-0.25, -0.2) is 0 Å². The smallest absolute Gasteiger partial charge is 0.257 e. The van der Waals surface area contributed by atoms with Gasteiger partial charge in [0.05, 0.1) is 18.2 Å². The van der Waals surface area contributed by atoms with Crippen molar-refractivity contribution in [1.82, 2.24) is 14.7 Å². The lowest BCUT2D eigenvalue weighted by atomic mass is 9.97. The topological polar surface area (TPSA) is 56.2 Å². The number of aliphatic hydroxyl groups is 1. The number of aliphatic hydroxyl groups excluding tert-OH is 1. The van der Waals surface area contributed by atoms with E-state index in [1.165, 1.54) is 16.7 Å². The Bertz CT molecular complexity index is 1100. The molecule has 1 atom stereocenters. The summed E-state index contributed by atoms with van der Waals surface area (Å²) in [6.07, 6.45) is 3.71. The van der Waals surface area contributed by atoms with Gasteiger partial charge in [0.15, 0.2) is 0 Å². The quantitative estimate of drug-likeness (QED) is 0.694. The van der Waals surface area contributed by atoms with Crippen LogP contribution in [-0.2, 0) is 13.0 Å². The standard InChI is InChI=1S/C29H37N3O3/c1-21(2)31-13-10-23(11-14-31)24-7-8-27-28(17-24)35-16-15-32(29(27)34)20-26(33)19-30-12-9-22-5-3-4-6-25(22)18-30/h3-8,10,17,21,26,33H,9,11-16,18-20H2,1-2H3/t26-/m1/s1. The molecule has 2 aromatic rings. The van der Waals surface area contributed by atoms with Crippen molar-refractivity contribution in [2.45, 2.75) is 45.4 Å². The molecule has 0 saturated carbocycles. The molecule has 3 heterocycles. The van der Waals surface area contributed by atoms with Crippen LogP contribution in [0.3, 0.4) is 0 Å². The van der Waals surface area contributed by atoms with Crippen LogP contribution in [0.1, 0.15) is 47.3 Å². The lowest BCUT2D eigenvalue weighted by Crippen LogP contribution is -2.44. The van der Waals surface area contributed by atoms with Crippen molar-refractivity contribution in [2.24, 2.45) is 0 Å². The summed E-state index contributed by atoms with van der Waals surface area (Å²) in [7, 11) is 0. The maximum absolute atomic E-state index is 13.3. The molecule has 3 aliphatic heterocycles. The summed E-state index contributed by atoms with van der Waals surface area (Å²) in [6.45, 7) is 10.0. The van der Waals surface area contributed by atoms with Crippen molar-refractivity contribution in [3.63, 3.8) is 0 Å². The molecule has 3 aliphatic rings. The zero-order valence-electron chi connectivity index (χ0n) is 20.9. The van der Waals surface area contributed by atoms with Gasteiger partial charge in [-0.1, -0.05) is 36.4 Å². The Morgan fingerprint density at radius 3 is 2.60 bits per heavy atom. The number of amides is 1. The Morgan fingerprint density at radius 1 is 1.00 bits per heavy atom. The molecular formula is C29H37N3O3. The molecule has 186 valence electrons. The van der Waals surface area contributed by atoms with Crippen molar-refractivity contribution in [3.8, 4) is 5.75 Å². The SMILES string of the molecule is CC(C)N1CC=C(c2ccc3c(c2)OCCN(C[C@H](O)CN2CCc4ccccc4C2)C3=O)CC1.